The maximum atomic E-state index is 13.5. The van der Waals surface area contributed by atoms with Gasteiger partial charge in [0.15, 0.2) is 24.4 Å². The lowest BCUT2D eigenvalue weighted by Crippen LogP contribution is -2.61. The highest BCUT2D eigenvalue weighted by molar-refractivity contribution is 6.18. The number of aryl methyl sites for hydroxylation is 6. The highest BCUT2D eigenvalue weighted by atomic mass is 16.7. The first kappa shape index (κ1) is 76.9. The summed E-state index contributed by atoms with van der Waals surface area (Å²) in [6.07, 6.45) is 3.92. The van der Waals surface area contributed by atoms with E-state index in [1.54, 1.807) is 61.8 Å². The van der Waals surface area contributed by atoms with Crippen molar-refractivity contribution in [1.82, 2.24) is 28.7 Å². The van der Waals surface area contributed by atoms with Crippen molar-refractivity contribution in [3.05, 3.63) is 196 Å². The summed E-state index contributed by atoms with van der Waals surface area (Å²) in [5, 5.41) is 54.9. The number of rotatable bonds is 14. The fourth-order valence-corrected chi connectivity index (χ4v) is 19.8. The lowest BCUT2D eigenvalue weighted by atomic mass is 9.83. The average Bonchev–Trinajstić information content (AvgIpc) is 1.59. The molecule has 2 saturated heterocycles. The van der Waals surface area contributed by atoms with Crippen LogP contribution < -0.4 is 9.47 Å². The number of hydrogen-bond donors (Lipinski definition) is 8. The van der Waals surface area contributed by atoms with Crippen molar-refractivity contribution < 1.29 is 107 Å². The van der Waals surface area contributed by atoms with Gasteiger partial charge in [-0.05, 0) is 125 Å². The number of carboxylic acids is 1. The molecule has 0 spiro atoms. The number of H-pyrrole nitrogens is 3. The molecule has 11 heterocycles. The number of carboxylic acid groups (broad SMARTS) is 1. The van der Waals surface area contributed by atoms with E-state index in [0.717, 1.165) is 129 Å². The Labute approximate surface area is 671 Å². The van der Waals surface area contributed by atoms with Crippen molar-refractivity contribution in [3.8, 4) is 17.2 Å². The number of Topliss-reactive ketones (excluding diaryl/α,β-unsaturated/α-hetero) is 6. The van der Waals surface area contributed by atoms with E-state index in [0.29, 0.717) is 27.7 Å². The lowest BCUT2D eigenvalue weighted by Gasteiger charge is -2.42. The smallest absolute Gasteiger partial charge is 0.339 e. The molecule has 0 bridgehead atoms. The topological polar surface area (TPSA) is 399 Å². The largest absolute Gasteiger partial charge is 0.508 e. The van der Waals surface area contributed by atoms with Crippen LogP contribution in [0.5, 0.6) is 17.2 Å². The number of fused-ring (bicyclic) bond motifs is 3. The van der Waals surface area contributed by atoms with Crippen LogP contribution in [0.2, 0.25) is 0 Å². The third kappa shape index (κ3) is 13.2. The molecule has 118 heavy (non-hydrogen) atoms. The third-order valence-electron chi connectivity index (χ3n) is 25.0. The molecule has 3 aliphatic carbocycles. The SMILES string of the molecule is COC(=O)[C@H]1OC(Oc2ccc3c([C@@H]4C(=O)CC(=O)[C@H]4c4cn5c6c(cccc46)CCC5)c[nH]c3c2)[C@H](C)[C@@H](OC(C)=O)[C@@H]1OC(C)=O.O=C(O)[C@H]1OC(Oc2ccc3c([C@@H]4C(=O)CC(=O)[C@H]4c4cn5c6c(cccc46)CCC5)c[nH]c3c2)[C@H](O)[C@@H](O)[C@@H]1O.O=C1CC(=O)[C@@H](c2cn3c4c(cccc24)CCC3)[C@@H]1c1c[nH]c2cc(O)ccc12. The van der Waals surface area contributed by atoms with Gasteiger partial charge in [0.25, 0.3) is 0 Å². The Balaban J connectivity index is 0.000000125. The number of aliphatic hydroxyl groups excluding tert-OH is 3. The van der Waals surface area contributed by atoms with Crippen molar-refractivity contribution in [2.24, 2.45) is 5.92 Å². The summed E-state index contributed by atoms with van der Waals surface area (Å²) in [7, 11) is 1.17. The molecule has 16 atom stereocenters. The van der Waals surface area contributed by atoms with Gasteiger partial charge in [-0.1, -0.05) is 61.5 Å². The van der Waals surface area contributed by atoms with Gasteiger partial charge in [0.1, 0.15) is 70.3 Å². The fraction of sp³-hybridized carbons (Fsp3) is 0.356. The Kier molecular flexibility index (Phi) is 19.8. The first-order chi connectivity index (χ1) is 56.9. The van der Waals surface area contributed by atoms with Crippen LogP contribution in [-0.2, 0) is 111 Å². The minimum atomic E-state index is -1.82. The molecule has 20 rings (SSSR count). The predicted octanol–water partition coefficient (Wildman–Crippen LogP) is 10.2. The number of aromatic amines is 3. The summed E-state index contributed by atoms with van der Waals surface area (Å²) in [4.78, 5) is 137. The van der Waals surface area contributed by atoms with E-state index in [4.69, 9.17) is 33.2 Å². The van der Waals surface area contributed by atoms with Crippen LogP contribution in [0.1, 0.15) is 145 Å². The number of aliphatic hydroxyl groups is 3. The van der Waals surface area contributed by atoms with Crippen LogP contribution in [0.4, 0.5) is 0 Å². The van der Waals surface area contributed by atoms with E-state index < -0.39 is 121 Å². The highest BCUT2D eigenvalue weighted by Gasteiger charge is 2.54. The van der Waals surface area contributed by atoms with Gasteiger partial charge in [0.2, 0.25) is 12.6 Å². The number of phenols is 1. The van der Waals surface area contributed by atoms with Crippen molar-refractivity contribution in [1.29, 1.82) is 0 Å². The summed E-state index contributed by atoms with van der Waals surface area (Å²) in [6.45, 7) is 6.77. The molecule has 6 aromatic heterocycles. The van der Waals surface area contributed by atoms with Crippen LogP contribution in [0, 0.1) is 5.92 Å². The number of para-hydroxylation sites is 3. The number of ketones is 6. The number of aliphatic carboxylic acids is 1. The zero-order chi connectivity index (χ0) is 82.1. The summed E-state index contributed by atoms with van der Waals surface area (Å²) < 4.78 is 45.5. The standard InChI is InChI=1S/C36H36N2O10.C30H28N2O9.C24H20N2O3/c1-17-32(45-18(2)39)33(46-19(3)40)34(35(43)44-4)48-36(17)47-21-10-11-22-24(15-37-26(22)13-21)29-27(41)14-28(42)30(29)25-16-38-12-6-8-20-7-5-9-23(25)31(20)38;33-20-10-21(34)23(18-12-32-8-2-4-13-3-1-5-16(18)24(13)32)22(20)17-11-31-19-9-14(6-7-15(17)19)40-30-27(37)25(35)26(36)28(41-30)29(38)39;27-14-6-7-15-17(11-25-19(15)9-14)22-20(28)10-21(29)23(22)18-12-26-8-2-4-13-3-1-5-16(18)24(13)26/h5,7,9-11,13,15-17,29-30,32-34,36-37H,6,8,12,14H2,1-4H3;1,3,5-7,9,11-12,22-23,25-28,30-31,35-37H,2,4,8,10H2,(H,38,39);1,3,5-7,9,11-12,22-23,25,27H,2,4,8,10H2/t17-,29-,30-,32-,33+,34+,36?;22-,23-,25+,26+,27-,28+,30?;22-,23-/m111/s1. The number of aromatic nitrogens is 6. The van der Waals surface area contributed by atoms with Crippen molar-refractivity contribution in [2.45, 2.75) is 189 Å². The fourth-order valence-electron chi connectivity index (χ4n) is 19.8. The Bertz CT molecular complexity index is 6190. The van der Waals surface area contributed by atoms with Crippen molar-refractivity contribution in [2.75, 3.05) is 7.11 Å². The molecule has 28 nitrogen and oxygen atoms in total. The quantitative estimate of drug-likeness (QED) is 0.0285. The number of benzene rings is 6. The van der Waals surface area contributed by atoms with Crippen molar-refractivity contribution >= 4 is 124 Å². The molecule has 6 aromatic carbocycles. The second-order valence-electron chi connectivity index (χ2n) is 32.1. The van der Waals surface area contributed by atoms with Crippen LogP contribution in [0.25, 0.3) is 65.4 Å². The van der Waals surface area contributed by atoms with Crippen LogP contribution >= 0.6 is 0 Å². The number of methoxy groups -OCH3 is 1. The number of ether oxygens (including phenoxy) is 7. The van der Waals surface area contributed by atoms with E-state index in [9.17, 15) is 73.5 Å². The van der Waals surface area contributed by atoms with E-state index in [1.807, 2.05) is 48.8 Å². The minimum absolute atomic E-state index is 0.00294. The number of aromatic hydroxyl groups is 1. The van der Waals surface area contributed by atoms with E-state index in [-0.39, 0.29) is 65.5 Å². The number of hydrogen-bond acceptors (Lipinski definition) is 21. The zero-order valence-corrected chi connectivity index (χ0v) is 64.6. The molecular weight excluding hydrogens is 1520 g/mol. The average molecular weight is 1600 g/mol. The monoisotopic (exact) mass is 1600 g/mol. The second-order valence-corrected chi connectivity index (χ2v) is 32.1. The van der Waals surface area contributed by atoms with E-state index in [2.05, 4.69) is 71.4 Å². The minimum Gasteiger partial charge on any atom is -0.508 e. The molecule has 5 aliphatic heterocycles. The van der Waals surface area contributed by atoms with Gasteiger partial charge >= 0.3 is 23.9 Å². The molecule has 12 aromatic rings. The van der Waals surface area contributed by atoms with E-state index in [1.165, 1.54) is 43.2 Å². The molecule has 8 N–H and O–H groups in total. The van der Waals surface area contributed by atoms with Crippen LogP contribution in [0.3, 0.4) is 0 Å². The van der Waals surface area contributed by atoms with Crippen molar-refractivity contribution in [3.63, 3.8) is 0 Å². The maximum Gasteiger partial charge on any atom is 0.339 e. The lowest BCUT2D eigenvalue weighted by molar-refractivity contribution is -0.271. The summed E-state index contributed by atoms with van der Waals surface area (Å²) in [5.41, 5.74) is 14.3. The number of esters is 3. The van der Waals surface area contributed by atoms with E-state index >= 15 is 0 Å². The van der Waals surface area contributed by atoms with Crippen LogP contribution in [-0.4, -0.2) is 175 Å². The maximum absolute atomic E-state index is 13.5. The molecule has 0 radical (unpaired) electrons. The summed E-state index contributed by atoms with van der Waals surface area (Å²) in [6, 6.07) is 33.9. The molecular formula is C90H84N6O22. The number of nitrogens with one attached hydrogen (secondary N) is 3. The third-order valence-corrected chi connectivity index (χ3v) is 25.0. The van der Waals surface area contributed by atoms with Gasteiger partial charge in [-0.25, -0.2) is 9.59 Å². The van der Waals surface area contributed by atoms with Gasteiger partial charge in [-0.15, -0.1) is 0 Å². The first-order valence-corrected chi connectivity index (χ1v) is 39.7. The van der Waals surface area contributed by atoms with Gasteiger partial charge < -0.3 is 87.3 Å². The normalized spacial score (nSPS) is 26.6. The number of carbonyl (C=O) groups is 10. The summed E-state index contributed by atoms with van der Waals surface area (Å²) in [5.74, 6) is -7.54. The number of phenolic OH excluding ortho intramolecular Hbond substituents is 1. The summed E-state index contributed by atoms with van der Waals surface area (Å²) >= 11 is 0. The van der Waals surface area contributed by atoms with Gasteiger partial charge in [0, 0.05) is 138 Å². The van der Waals surface area contributed by atoms with Gasteiger partial charge in [-0.3, -0.25) is 38.4 Å². The number of nitrogens with zero attached hydrogens (tertiary/aromatic N) is 3. The number of carbonyl (C=O) groups excluding carboxylic acids is 9. The molecule has 28 heteroatoms. The molecule has 3 saturated carbocycles. The Morgan fingerprint density at radius 1 is 0.441 bits per heavy atom. The Hall–Kier alpha value is -12.3. The second kappa shape index (κ2) is 30.3. The van der Waals surface area contributed by atoms with Crippen LogP contribution in [0.15, 0.2) is 146 Å². The molecule has 0 amide bonds. The van der Waals surface area contributed by atoms with Gasteiger partial charge in [-0.2, -0.15) is 0 Å². The first-order valence-electron chi connectivity index (χ1n) is 39.7. The van der Waals surface area contributed by atoms with Gasteiger partial charge in [0.05, 0.1) is 84.3 Å². The molecule has 5 fully saturated rings. The Morgan fingerprint density at radius 2 is 0.814 bits per heavy atom. The molecule has 606 valence electrons. The molecule has 8 aliphatic rings. The Morgan fingerprint density at radius 3 is 1.21 bits per heavy atom. The zero-order valence-electron chi connectivity index (χ0n) is 64.6. The predicted molar refractivity (Wildman–Crippen MR) is 424 cm³/mol. The highest BCUT2D eigenvalue weighted by Crippen LogP contribution is 2.52. The molecule has 2 unspecified atom stereocenters.